The van der Waals surface area contributed by atoms with Gasteiger partial charge in [0.05, 0.1) is 22.0 Å². The average molecular weight is 275 g/mol. The predicted molar refractivity (Wildman–Crippen MR) is 73.5 cm³/mol. The second-order valence-corrected chi connectivity index (χ2v) is 4.61. The van der Waals surface area contributed by atoms with E-state index in [1.807, 2.05) is 30.3 Å². The number of rotatable bonds is 3. The van der Waals surface area contributed by atoms with Gasteiger partial charge in [0.2, 0.25) is 0 Å². The molecule has 7 heteroatoms. The molecule has 19 heavy (non-hydrogen) atoms. The third kappa shape index (κ3) is 3.00. The third-order valence-corrected chi connectivity index (χ3v) is 3.41. The number of aromatic nitrogens is 2. The minimum atomic E-state index is -0.604. The molecule has 0 aliphatic carbocycles. The molecule has 0 aliphatic rings. The van der Waals surface area contributed by atoms with Crippen molar-refractivity contribution in [3.8, 4) is 0 Å². The van der Waals surface area contributed by atoms with E-state index in [1.165, 1.54) is 11.9 Å². The largest absolute Gasteiger partial charge is 0.350 e. The molecule has 0 saturated heterocycles. The summed E-state index contributed by atoms with van der Waals surface area (Å²) in [7, 11) is 0. The number of benzene rings is 1. The molecule has 98 valence electrons. The van der Waals surface area contributed by atoms with Crippen molar-refractivity contribution in [1.82, 2.24) is 9.78 Å². The smallest absolute Gasteiger partial charge is 0.339 e. The van der Waals surface area contributed by atoms with Crippen LogP contribution in [0.5, 0.6) is 0 Å². The molecule has 0 spiro atoms. The molecule has 0 bridgehead atoms. The van der Waals surface area contributed by atoms with E-state index < -0.39 is 6.03 Å². The first-order chi connectivity index (χ1) is 9.09. The molecule has 2 N–H and O–H groups in total. The van der Waals surface area contributed by atoms with E-state index >= 15 is 0 Å². The van der Waals surface area contributed by atoms with Crippen LogP contribution in [0.4, 0.5) is 10.5 Å². The van der Waals surface area contributed by atoms with Crippen LogP contribution in [0.25, 0.3) is 0 Å². The van der Waals surface area contributed by atoms with Crippen LogP contribution < -0.4 is 5.73 Å². The molecular formula is C12H13N5OS. The van der Waals surface area contributed by atoms with Gasteiger partial charge in [-0.15, -0.1) is 9.63 Å². The van der Waals surface area contributed by atoms with Gasteiger partial charge in [0.25, 0.3) is 0 Å². The Morgan fingerprint density at radius 1 is 1.32 bits per heavy atom. The van der Waals surface area contributed by atoms with Gasteiger partial charge in [0.1, 0.15) is 0 Å². The number of aryl methyl sites for hydroxylation is 1. The van der Waals surface area contributed by atoms with Crippen molar-refractivity contribution >= 4 is 23.7 Å². The lowest BCUT2D eigenvalue weighted by Crippen LogP contribution is -2.21. The molecule has 6 nitrogen and oxygen atoms in total. The number of nitrogens with zero attached hydrogens (tertiary/aromatic N) is 4. The van der Waals surface area contributed by atoms with E-state index in [0.29, 0.717) is 11.4 Å². The van der Waals surface area contributed by atoms with E-state index in [9.17, 15) is 4.79 Å². The molecule has 1 heterocycles. The average Bonchev–Trinajstić information content (AvgIpc) is 2.68. The maximum atomic E-state index is 11.1. The van der Waals surface area contributed by atoms with Crippen LogP contribution in [0.2, 0.25) is 0 Å². The first-order valence-corrected chi connectivity index (χ1v) is 6.36. The van der Waals surface area contributed by atoms with Crippen molar-refractivity contribution in [2.75, 3.05) is 0 Å². The summed E-state index contributed by atoms with van der Waals surface area (Å²) in [6.07, 6.45) is 0. The highest BCUT2D eigenvalue weighted by Crippen LogP contribution is 2.28. The molecule has 2 aromatic rings. The number of hydrogen-bond donors (Lipinski definition) is 1. The third-order valence-electron chi connectivity index (χ3n) is 2.48. The molecule has 0 atom stereocenters. The Morgan fingerprint density at radius 3 is 2.58 bits per heavy atom. The fourth-order valence-electron chi connectivity index (χ4n) is 1.58. The molecule has 0 radical (unpaired) electrons. The Bertz CT molecular complexity index is 621. The number of primary amides is 1. The number of carbonyl (C=O) groups excluding carboxylic acids is 1. The van der Waals surface area contributed by atoms with Crippen LogP contribution >= 0.6 is 11.9 Å². The van der Waals surface area contributed by atoms with Crippen molar-refractivity contribution in [3.63, 3.8) is 0 Å². The number of carbonyl (C=O) groups is 1. The molecule has 0 fully saturated rings. The summed E-state index contributed by atoms with van der Waals surface area (Å²) in [4.78, 5) is 11.9. The second-order valence-electron chi connectivity index (χ2n) is 3.86. The van der Waals surface area contributed by atoms with Crippen molar-refractivity contribution in [2.24, 2.45) is 15.4 Å². The molecule has 2 rings (SSSR count). The summed E-state index contributed by atoms with van der Waals surface area (Å²) in [6, 6.07) is 8.80. The quantitative estimate of drug-likeness (QED) is 0.689. The Labute approximate surface area is 114 Å². The molecule has 0 saturated carbocycles. The highest BCUT2D eigenvalue weighted by atomic mass is 32.2. The van der Waals surface area contributed by atoms with Crippen LogP contribution in [0.1, 0.15) is 11.4 Å². The topological polar surface area (TPSA) is 85.6 Å². The zero-order valence-corrected chi connectivity index (χ0v) is 11.4. The van der Waals surface area contributed by atoms with Gasteiger partial charge in [0, 0.05) is 11.9 Å². The Morgan fingerprint density at radius 2 is 2.00 bits per heavy atom. The summed E-state index contributed by atoms with van der Waals surface area (Å²) >= 11 is 1.17. The summed E-state index contributed by atoms with van der Waals surface area (Å²) in [5, 5.41) is 8.13. The Balaban J connectivity index is 2.16. The van der Waals surface area contributed by atoms with E-state index in [-0.39, 0.29) is 0 Å². The molecule has 1 aromatic heterocycles. The summed E-state index contributed by atoms with van der Waals surface area (Å²) < 4.78 is 5.20. The van der Waals surface area contributed by atoms with E-state index in [0.717, 1.165) is 15.3 Å². The van der Waals surface area contributed by atoms with Gasteiger partial charge in [-0.1, -0.05) is 18.2 Å². The Hall–Kier alpha value is -2.15. The predicted octanol–water partition coefficient (Wildman–Crippen LogP) is 3.22. The summed E-state index contributed by atoms with van der Waals surface area (Å²) in [6.45, 7) is 3.57. The molecule has 1 aromatic carbocycles. The van der Waals surface area contributed by atoms with Crippen LogP contribution in [0, 0.1) is 13.8 Å². The highest BCUT2D eigenvalue weighted by Gasteiger charge is 2.14. The van der Waals surface area contributed by atoms with Crippen LogP contribution in [0.15, 0.2) is 44.9 Å². The van der Waals surface area contributed by atoms with Gasteiger partial charge in [-0.25, -0.2) is 4.79 Å². The lowest BCUT2D eigenvalue weighted by atomic mass is 10.3. The van der Waals surface area contributed by atoms with Gasteiger partial charge < -0.3 is 5.73 Å². The first-order valence-electron chi connectivity index (χ1n) is 5.58. The van der Waals surface area contributed by atoms with Gasteiger partial charge in [-0.2, -0.15) is 9.78 Å². The van der Waals surface area contributed by atoms with E-state index in [1.54, 1.807) is 13.8 Å². The van der Waals surface area contributed by atoms with Gasteiger partial charge in [-0.05, 0) is 26.0 Å². The number of nitrogens with two attached hydrogens (primary N) is 1. The first kappa shape index (κ1) is 13.3. The minimum absolute atomic E-state index is 0.604. The minimum Gasteiger partial charge on any atom is -0.350 e. The van der Waals surface area contributed by atoms with Crippen LogP contribution in [-0.2, 0) is 0 Å². The van der Waals surface area contributed by atoms with Crippen molar-refractivity contribution in [1.29, 1.82) is 0 Å². The zero-order chi connectivity index (χ0) is 13.8. The lowest BCUT2D eigenvalue weighted by molar-refractivity contribution is 0.247. The van der Waals surface area contributed by atoms with Gasteiger partial charge >= 0.3 is 6.03 Å². The SMILES string of the molecule is Cc1nn(C(N)=O)c(C)c1SN=Nc1ccccc1. The molecule has 0 aliphatic heterocycles. The van der Waals surface area contributed by atoms with Gasteiger partial charge in [0.15, 0.2) is 0 Å². The maximum absolute atomic E-state index is 11.1. The highest BCUT2D eigenvalue weighted by molar-refractivity contribution is 7.98. The van der Waals surface area contributed by atoms with Crippen LogP contribution in [0.3, 0.4) is 0 Å². The van der Waals surface area contributed by atoms with E-state index in [2.05, 4.69) is 14.7 Å². The monoisotopic (exact) mass is 275 g/mol. The van der Waals surface area contributed by atoms with Crippen LogP contribution in [-0.4, -0.2) is 15.8 Å². The number of hydrogen-bond acceptors (Lipinski definition) is 5. The fraction of sp³-hybridized carbons (Fsp3) is 0.167. The molecule has 0 unspecified atom stereocenters. The molecule has 1 amide bonds. The van der Waals surface area contributed by atoms with Gasteiger partial charge in [-0.3, -0.25) is 0 Å². The maximum Gasteiger partial charge on any atom is 0.339 e. The standard InChI is InChI=1S/C12H13N5OS/c1-8-11(9(2)17(15-8)12(13)18)19-16-14-10-6-4-3-5-7-10/h3-7H,1-2H3,(H2,13,18). The number of amides is 1. The normalized spacial score (nSPS) is 11.1. The Kier molecular flexibility index (Phi) is 3.96. The summed E-state index contributed by atoms with van der Waals surface area (Å²) in [5.74, 6) is 0. The van der Waals surface area contributed by atoms with Crippen molar-refractivity contribution < 1.29 is 4.79 Å². The van der Waals surface area contributed by atoms with E-state index in [4.69, 9.17) is 5.73 Å². The second kappa shape index (κ2) is 5.66. The fourth-order valence-corrected chi connectivity index (χ4v) is 2.19. The summed E-state index contributed by atoms with van der Waals surface area (Å²) in [5.41, 5.74) is 7.36. The molecular weight excluding hydrogens is 262 g/mol. The lowest BCUT2D eigenvalue weighted by Gasteiger charge is -1.97. The zero-order valence-electron chi connectivity index (χ0n) is 10.6. The van der Waals surface area contributed by atoms with Crippen molar-refractivity contribution in [3.05, 3.63) is 41.7 Å². The van der Waals surface area contributed by atoms with Crippen molar-refractivity contribution in [2.45, 2.75) is 18.7 Å².